The van der Waals surface area contributed by atoms with E-state index in [-0.39, 0.29) is 12.3 Å². The molecule has 5 heteroatoms. The lowest BCUT2D eigenvalue weighted by atomic mass is 9.82. The van der Waals surface area contributed by atoms with Gasteiger partial charge in [-0.25, -0.2) is 4.68 Å². The largest absolute Gasteiger partial charge is 0.389 e. The summed E-state index contributed by atoms with van der Waals surface area (Å²) in [5, 5.41) is 17.6. The zero-order valence-corrected chi connectivity index (χ0v) is 11.8. The summed E-state index contributed by atoms with van der Waals surface area (Å²) in [6.45, 7) is 0.882. The third-order valence-corrected chi connectivity index (χ3v) is 4.39. The van der Waals surface area contributed by atoms with Crippen LogP contribution in [0.4, 0.5) is 5.82 Å². The number of anilines is 1. The topological polar surface area (TPSA) is 67.2 Å². The summed E-state index contributed by atoms with van der Waals surface area (Å²) < 4.78 is 1.86. The van der Waals surface area contributed by atoms with Crippen molar-refractivity contribution in [1.29, 1.82) is 0 Å². The van der Waals surface area contributed by atoms with Crippen molar-refractivity contribution in [3.05, 3.63) is 12.3 Å². The first-order chi connectivity index (χ1) is 9.65. The lowest BCUT2D eigenvalue weighted by molar-refractivity contribution is -0.122. The molecule has 0 atom stereocenters. The molecule has 5 nitrogen and oxygen atoms in total. The third kappa shape index (κ3) is 3.39. The Hall–Kier alpha value is -1.36. The van der Waals surface area contributed by atoms with Gasteiger partial charge in [0.2, 0.25) is 5.91 Å². The van der Waals surface area contributed by atoms with E-state index < -0.39 is 5.60 Å². The first-order valence-corrected chi connectivity index (χ1v) is 7.69. The Morgan fingerprint density at radius 1 is 1.40 bits per heavy atom. The molecule has 1 aromatic heterocycles. The molecule has 1 heterocycles. The lowest BCUT2D eigenvalue weighted by Crippen LogP contribution is -2.36. The summed E-state index contributed by atoms with van der Waals surface area (Å²) in [7, 11) is 0. The molecule has 1 amide bonds. The third-order valence-electron chi connectivity index (χ3n) is 4.39. The number of carbonyl (C=O) groups excluding carboxylic acids is 1. The molecule has 0 aliphatic heterocycles. The van der Waals surface area contributed by atoms with Gasteiger partial charge in [-0.05, 0) is 31.6 Å². The van der Waals surface area contributed by atoms with Crippen molar-refractivity contribution < 1.29 is 9.90 Å². The Kier molecular flexibility index (Phi) is 3.78. The number of hydrogen-bond donors (Lipinski definition) is 2. The molecule has 0 saturated heterocycles. The molecule has 2 N–H and O–H groups in total. The van der Waals surface area contributed by atoms with E-state index in [0.29, 0.717) is 5.92 Å². The number of carbonyl (C=O) groups is 1. The highest BCUT2D eigenvalue weighted by molar-refractivity contribution is 5.90. The fourth-order valence-corrected chi connectivity index (χ4v) is 3.00. The Morgan fingerprint density at radius 2 is 2.15 bits per heavy atom. The van der Waals surface area contributed by atoms with Crippen LogP contribution in [0.1, 0.15) is 51.4 Å². The summed E-state index contributed by atoms with van der Waals surface area (Å²) in [6.07, 6.45) is 9.10. The lowest BCUT2D eigenvalue weighted by Gasteiger charge is -2.31. The summed E-state index contributed by atoms with van der Waals surface area (Å²) in [5.74, 6) is 1.36. The second-order valence-electron chi connectivity index (χ2n) is 6.35. The van der Waals surface area contributed by atoms with Crippen LogP contribution in [0.2, 0.25) is 0 Å². The van der Waals surface area contributed by atoms with Crippen molar-refractivity contribution in [2.24, 2.45) is 5.92 Å². The average Bonchev–Trinajstić information content (AvgIpc) is 3.11. The summed E-state index contributed by atoms with van der Waals surface area (Å²) >= 11 is 0. The van der Waals surface area contributed by atoms with Crippen LogP contribution in [-0.4, -0.2) is 26.4 Å². The fraction of sp³-hybridized carbons (Fsp3) is 0.733. The molecular formula is C15H23N3O2. The first kappa shape index (κ1) is 13.6. The van der Waals surface area contributed by atoms with Gasteiger partial charge < -0.3 is 10.4 Å². The molecule has 0 bridgehead atoms. The van der Waals surface area contributed by atoms with Gasteiger partial charge in [0.25, 0.3) is 0 Å². The smallest absolute Gasteiger partial charge is 0.228 e. The normalized spacial score (nSPS) is 21.6. The minimum Gasteiger partial charge on any atom is -0.389 e. The van der Waals surface area contributed by atoms with Crippen LogP contribution in [-0.2, 0) is 11.3 Å². The van der Waals surface area contributed by atoms with E-state index in [1.54, 1.807) is 6.20 Å². The Bertz CT molecular complexity index is 473. The number of nitrogens with zero attached hydrogens (tertiary/aromatic N) is 2. The van der Waals surface area contributed by atoms with Crippen LogP contribution in [0.3, 0.4) is 0 Å². The fourth-order valence-electron chi connectivity index (χ4n) is 3.00. The highest BCUT2D eigenvalue weighted by atomic mass is 16.3. The van der Waals surface area contributed by atoms with Gasteiger partial charge in [-0.15, -0.1) is 0 Å². The molecule has 2 fully saturated rings. The summed E-state index contributed by atoms with van der Waals surface area (Å²) in [5.41, 5.74) is -0.802. The van der Waals surface area contributed by atoms with Crippen molar-refractivity contribution >= 4 is 11.7 Å². The van der Waals surface area contributed by atoms with Gasteiger partial charge in [0.1, 0.15) is 5.82 Å². The number of aliphatic hydroxyl groups is 1. The minimum atomic E-state index is -0.802. The van der Waals surface area contributed by atoms with Gasteiger partial charge in [0.15, 0.2) is 0 Å². The maximum Gasteiger partial charge on any atom is 0.228 e. The highest BCUT2D eigenvalue weighted by Crippen LogP contribution is 2.32. The number of hydrogen-bond acceptors (Lipinski definition) is 3. The molecular weight excluding hydrogens is 254 g/mol. The zero-order valence-electron chi connectivity index (χ0n) is 11.8. The van der Waals surface area contributed by atoms with Gasteiger partial charge in [-0.3, -0.25) is 4.79 Å². The van der Waals surface area contributed by atoms with Gasteiger partial charge in [0, 0.05) is 12.6 Å². The second-order valence-corrected chi connectivity index (χ2v) is 6.35. The van der Waals surface area contributed by atoms with Crippen molar-refractivity contribution in [3.8, 4) is 0 Å². The number of nitrogens with one attached hydrogen (secondary N) is 1. The van der Waals surface area contributed by atoms with Crippen LogP contribution in [0.25, 0.3) is 0 Å². The molecule has 110 valence electrons. The van der Waals surface area contributed by atoms with Crippen molar-refractivity contribution in [2.45, 2.75) is 63.5 Å². The Balaban J connectivity index is 1.56. The molecule has 0 aromatic carbocycles. The van der Waals surface area contributed by atoms with Crippen LogP contribution < -0.4 is 5.32 Å². The monoisotopic (exact) mass is 277 g/mol. The molecule has 20 heavy (non-hydrogen) atoms. The number of amides is 1. The van der Waals surface area contributed by atoms with Crippen molar-refractivity contribution in [3.63, 3.8) is 0 Å². The molecule has 0 spiro atoms. The van der Waals surface area contributed by atoms with E-state index in [1.165, 1.54) is 12.8 Å². The predicted octanol–water partition coefficient (Wildman–Crippen LogP) is 2.32. The van der Waals surface area contributed by atoms with Crippen molar-refractivity contribution in [1.82, 2.24) is 9.78 Å². The molecule has 3 rings (SSSR count). The molecule has 0 radical (unpaired) electrons. The van der Waals surface area contributed by atoms with E-state index in [1.807, 2.05) is 10.7 Å². The van der Waals surface area contributed by atoms with E-state index in [2.05, 4.69) is 10.4 Å². The van der Waals surface area contributed by atoms with E-state index >= 15 is 0 Å². The quantitative estimate of drug-likeness (QED) is 0.868. The van der Waals surface area contributed by atoms with Gasteiger partial charge >= 0.3 is 0 Å². The Morgan fingerprint density at radius 3 is 2.85 bits per heavy atom. The van der Waals surface area contributed by atoms with Crippen LogP contribution in [0, 0.1) is 5.92 Å². The average molecular weight is 277 g/mol. The molecule has 0 unspecified atom stereocenters. The summed E-state index contributed by atoms with van der Waals surface area (Å²) in [6, 6.07) is 1.82. The van der Waals surface area contributed by atoms with Crippen LogP contribution in [0.15, 0.2) is 12.3 Å². The maximum atomic E-state index is 12.1. The van der Waals surface area contributed by atoms with Crippen LogP contribution >= 0.6 is 0 Å². The van der Waals surface area contributed by atoms with E-state index in [4.69, 9.17) is 0 Å². The van der Waals surface area contributed by atoms with E-state index in [0.717, 1.165) is 44.5 Å². The molecule has 1 aromatic rings. The SMILES string of the molecule is O=C(CC1(O)CCCCC1)Nc1ccnn1CC1CC1. The maximum absolute atomic E-state index is 12.1. The first-order valence-electron chi connectivity index (χ1n) is 7.69. The number of rotatable bonds is 5. The van der Waals surface area contributed by atoms with Crippen LogP contribution in [0.5, 0.6) is 0 Å². The Labute approximate surface area is 119 Å². The van der Waals surface area contributed by atoms with E-state index in [9.17, 15) is 9.90 Å². The molecule has 2 aliphatic rings. The summed E-state index contributed by atoms with van der Waals surface area (Å²) in [4.78, 5) is 12.1. The number of aromatic nitrogens is 2. The van der Waals surface area contributed by atoms with Gasteiger partial charge in [-0.1, -0.05) is 19.3 Å². The van der Waals surface area contributed by atoms with Crippen molar-refractivity contribution in [2.75, 3.05) is 5.32 Å². The second kappa shape index (κ2) is 5.56. The standard InChI is InChI=1S/C15H23N3O2/c19-14(10-15(20)7-2-1-3-8-15)17-13-6-9-16-18(13)11-12-4-5-12/h6,9,12,20H,1-5,7-8,10-11H2,(H,17,19). The zero-order chi connectivity index (χ0) is 14.0. The molecule has 2 aliphatic carbocycles. The molecule has 2 saturated carbocycles. The minimum absolute atomic E-state index is 0.105. The van der Waals surface area contributed by atoms with Gasteiger partial charge in [-0.2, -0.15) is 5.10 Å². The highest BCUT2D eigenvalue weighted by Gasteiger charge is 2.32. The van der Waals surface area contributed by atoms with Gasteiger partial charge in [0.05, 0.1) is 18.2 Å². The predicted molar refractivity (Wildman–Crippen MR) is 76.2 cm³/mol.